The maximum Gasteiger partial charge on any atom is 0.0493 e. The highest BCUT2D eigenvalue weighted by molar-refractivity contribution is 5.74. The quantitative estimate of drug-likeness (QED) is 0.265. The van der Waals surface area contributed by atoms with Crippen LogP contribution in [0, 0.1) is 27.7 Å². The smallest absolute Gasteiger partial charge is 0.0493 e. The monoisotopic (exact) mass is 473 g/mol. The lowest BCUT2D eigenvalue weighted by Gasteiger charge is -2.29. The summed E-state index contributed by atoms with van der Waals surface area (Å²) in [5.41, 5.74) is 11.4. The normalized spacial score (nSPS) is 12.2. The molecule has 1 nitrogen and oxygen atoms in total. The second kappa shape index (κ2) is 13.3. The molecule has 36 heavy (non-hydrogen) atoms. The Morgan fingerprint density at radius 2 is 1.36 bits per heavy atom. The second-order valence-electron chi connectivity index (χ2n) is 9.21. The predicted molar refractivity (Wildman–Crippen MR) is 159 cm³/mol. The molecular weight excluding hydrogens is 434 g/mol. The molecule has 3 aromatic rings. The van der Waals surface area contributed by atoms with Crippen LogP contribution in [0.4, 0.5) is 11.4 Å². The minimum absolute atomic E-state index is 0.900. The van der Waals surface area contributed by atoms with Crippen LogP contribution in [0.2, 0.25) is 0 Å². The molecule has 0 saturated carbocycles. The van der Waals surface area contributed by atoms with Crippen molar-refractivity contribution in [2.45, 2.75) is 47.5 Å². The lowest BCUT2D eigenvalue weighted by molar-refractivity contribution is 1.14. The topological polar surface area (TPSA) is 3.24 Å². The SMILES string of the molecule is C=C/C=C\C=C/Cc1ccc(N(C(/C=C\Cc2ccc(C)cc2)=C/C)c2ccc(C)c(C)c2C)cc1. The maximum absolute atomic E-state index is 3.71. The Kier molecular flexibility index (Phi) is 9.89. The van der Waals surface area contributed by atoms with Gasteiger partial charge in [-0.25, -0.2) is 0 Å². The first-order valence-electron chi connectivity index (χ1n) is 12.7. The Morgan fingerprint density at radius 1 is 0.722 bits per heavy atom. The van der Waals surface area contributed by atoms with E-state index in [1.165, 1.54) is 39.1 Å². The van der Waals surface area contributed by atoms with Crippen LogP contribution in [0.3, 0.4) is 0 Å². The van der Waals surface area contributed by atoms with E-state index >= 15 is 0 Å². The summed E-state index contributed by atoms with van der Waals surface area (Å²) >= 11 is 0. The maximum atomic E-state index is 3.71. The third-order valence-electron chi connectivity index (χ3n) is 6.63. The highest BCUT2D eigenvalue weighted by Crippen LogP contribution is 2.35. The van der Waals surface area contributed by atoms with Crippen LogP contribution in [0.1, 0.15) is 40.3 Å². The van der Waals surface area contributed by atoms with Gasteiger partial charge in [0.2, 0.25) is 0 Å². The molecule has 0 aliphatic rings. The zero-order valence-electron chi connectivity index (χ0n) is 22.5. The van der Waals surface area contributed by atoms with Gasteiger partial charge in [0.25, 0.3) is 0 Å². The molecule has 0 spiro atoms. The van der Waals surface area contributed by atoms with Crippen molar-refractivity contribution >= 4 is 11.4 Å². The zero-order valence-corrected chi connectivity index (χ0v) is 22.5. The van der Waals surface area contributed by atoms with Gasteiger partial charge in [-0.15, -0.1) is 0 Å². The molecule has 0 bridgehead atoms. The Morgan fingerprint density at radius 3 is 2.00 bits per heavy atom. The predicted octanol–water partition coefficient (Wildman–Crippen LogP) is 9.60. The lowest BCUT2D eigenvalue weighted by atomic mass is 10.0. The molecule has 184 valence electrons. The zero-order chi connectivity index (χ0) is 25.9. The van der Waals surface area contributed by atoms with E-state index in [1.54, 1.807) is 6.08 Å². The van der Waals surface area contributed by atoms with Crippen LogP contribution < -0.4 is 4.90 Å². The number of rotatable bonds is 10. The summed E-state index contributed by atoms with van der Waals surface area (Å²) in [4.78, 5) is 2.37. The van der Waals surface area contributed by atoms with Crippen molar-refractivity contribution in [3.05, 3.63) is 155 Å². The third-order valence-corrected chi connectivity index (χ3v) is 6.63. The van der Waals surface area contributed by atoms with Gasteiger partial charge in [-0.2, -0.15) is 0 Å². The van der Waals surface area contributed by atoms with Gasteiger partial charge < -0.3 is 4.90 Å². The highest BCUT2D eigenvalue weighted by atomic mass is 15.1. The van der Waals surface area contributed by atoms with Crippen LogP contribution in [0.25, 0.3) is 0 Å². The van der Waals surface area contributed by atoms with E-state index < -0.39 is 0 Å². The van der Waals surface area contributed by atoms with E-state index in [2.05, 4.69) is 137 Å². The van der Waals surface area contributed by atoms with Crippen molar-refractivity contribution in [1.29, 1.82) is 0 Å². The first-order chi connectivity index (χ1) is 17.4. The molecule has 0 fully saturated rings. The van der Waals surface area contributed by atoms with Gasteiger partial charge in [-0.3, -0.25) is 0 Å². The van der Waals surface area contributed by atoms with Crippen LogP contribution in [0.5, 0.6) is 0 Å². The molecule has 0 atom stereocenters. The Balaban J connectivity index is 1.93. The number of benzene rings is 3. The fourth-order valence-electron chi connectivity index (χ4n) is 4.16. The summed E-state index contributed by atoms with van der Waals surface area (Å²) in [6.45, 7) is 14.6. The molecule has 3 aromatic carbocycles. The minimum atomic E-state index is 0.900. The fourth-order valence-corrected chi connectivity index (χ4v) is 4.16. The summed E-state index contributed by atoms with van der Waals surface area (Å²) < 4.78 is 0. The van der Waals surface area contributed by atoms with Crippen LogP contribution in [0.15, 0.2) is 122 Å². The molecule has 0 aliphatic carbocycles. The van der Waals surface area contributed by atoms with Gasteiger partial charge >= 0.3 is 0 Å². The molecule has 0 aliphatic heterocycles. The molecule has 0 aromatic heterocycles. The first kappa shape index (κ1) is 26.8. The highest BCUT2D eigenvalue weighted by Gasteiger charge is 2.16. The average molecular weight is 474 g/mol. The molecule has 0 N–H and O–H groups in total. The van der Waals surface area contributed by atoms with E-state index in [0.717, 1.165) is 24.2 Å². The molecule has 0 unspecified atom stereocenters. The van der Waals surface area contributed by atoms with E-state index in [1.807, 2.05) is 12.2 Å². The number of nitrogens with zero attached hydrogens (tertiary/aromatic N) is 1. The third kappa shape index (κ3) is 7.09. The van der Waals surface area contributed by atoms with E-state index in [-0.39, 0.29) is 0 Å². The van der Waals surface area contributed by atoms with Crippen LogP contribution >= 0.6 is 0 Å². The van der Waals surface area contributed by atoms with Crippen molar-refractivity contribution in [1.82, 2.24) is 0 Å². The number of anilines is 2. The number of hydrogen-bond acceptors (Lipinski definition) is 1. The van der Waals surface area contributed by atoms with Gasteiger partial charge in [0.05, 0.1) is 0 Å². The first-order valence-corrected chi connectivity index (χ1v) is 12.7. The van der Waals surface area contributed by atoms with Gasteiger partial charge in [0, 0.05) is 17.1 Å². The molecule has 0 radical (unpaired) electrons. The van der Waals surface area contributed by atoms with Gasteiger partial charge in [0.15, 0.2) is 0 Å². The summed E-state index contributed by atoms with van der Waals surface area (Å²) in [6.07, 6.45) is 18.5. The Labute approximate surface area is 218 Å². The molecule has 3 rings (SSSR count). The van der Waals surface area contributed by atoms with Crippen molar-refractivity contribution in [3.63, 3.8) is 0 Å². The lowest BCUT2D eigenvalue weighted by Crippen LogP contribution is -2.17. The minimum Gasteiger partial charge on any atom is -0.311 e. The van der Waals surface area contributed by atoms with E-state index in [0.29, 0.717) is 0 Å². The van der Waals surface area contributed by atoms with E-state index in [4.69, 9.17) is 0 Å². The van der Waals surface area contributed by atoms with Crippen LogP contribution in [-0.2, 0) is 12.8 Å². The Hall–Kier alpha value is -3.84. The summed E-state index contributed by atoms with van der Waals surface area (Å²) in [5.74, 6) is 0. The van der Waals surface area contributed by atoms with Gasteiger partial charge in [-0.1, -0.05) is 97.1 Å². The van der Waals surface area contributed by atoms with Crippen molar-refractivity contribution in [2.75, 3.05) is 4.90 Å². The number of hydrogen-bond donors (Lipinski definition) is 0. The largest absolute Gasteiger partial charge is 0.311 e. The van der Waals surface area contributed by atoms with Gasteiger partial charge in [-0.05, 0) is 99.6 Å². The second-order valence-corrected chi connectivity index (χ2v) is 9.21. The average Bonchev–Trinajstić information content (AvgIpc) is 2.89. The summed E-state index contributed by atoms with van der Waals surface area (Å²) in [6, 6.07) is 22.2. The molecule has 0 heterocycles. The van der Waals surface area contributed by atoms with Gasteiger partial charge in [0.1, 0.15) is 0 Å². The van der Waals surface area contributed by atoms with Crippen molar-refractivity contribution in [3.8, 4) is 0 Å². The molecule has 0 amide bonds. The molecule has 1 heteroatoms. The van der Waals surface area contributed by atoms with Crippen molar-refractivity contribution < 1.29 is 0 Å². The molecular formula is C35H39N. The Bertz CT molecular complexity index is 1270. The number of allylic oxidation sites excluding steroid dienone is 8. The standard InChI is InChI=1S/C35H39N/c1-7-9-10-11-12-14-31-22-24-34(25-23-31)36(35-26-19-28(4)29(5)30(35)6)33(8-2)16-13-15-32-20-17-27(3)18-21-32/h7-13,16-26H,1,14-15H2,2-6H3/b10-9-,12-11-,16-13-,33-8+. The van der Waals surface area contributed by atoms with Crippen molar-refractivity contribution in [2.24, 2.45) is 0 Å². The number of aryl methyl sites for hydroxylation is 2. The van der Waals surface area contributed by atoms with E-state index in [9.17, 15) is 0 Å². The fraction of sp³-hybridized carbons (Fsp3) is 0.200. The molecule has 0 saturated heterocycles. The van der Waals surface area contributed by atoms with Crippen LogP contribution in [-0.4, -0.2) is 0 Å². The summed E-state index contributed by atoms with van der Waals surface area (Å²) in [7, 11) is 0. The summed E-state index contributed by atoms with van der Waals surface area (Å²) in [5, 5.41) is 0.